The first kappa shape index (κ1) is 50.6. The quantitative estimate of drug-likeness (QED) is 0.0333. The number of rotatable bonds is 38. The van der Waals surface area contributed by atoms with Crippen LogP contribution in [0, 0.1) is 0 Å². The summed E-state index contributed by atoms with van der Waals surface area (Å²) in [5.41, 5.74) is 0. The lowest BCUT2D eigenvalue weighted by Crippen LogP contribution is -2.46. The van der Waals surface area contributed by atoms with Crippen molar-refractivity contribution in [3.8, 4) is 0 Å². The summed E-state index contributed by atoms with van der Waals surface area (Å²) in [5, 5.41) is 23.5. The zero-order chi connectivity index (χ0) is 38.9. The Kier molecular flexibility index (Phi) is 38.9. The van der Waals surface area contributed by atoms with Crippen LogP contribution in [-0.4, -0.2) is 46.9 Å². The highest BCUT2D eigenvalue weighted by Gasteiger charge is 2.24. The number of esters is 1. The van der Waals surface area contributed by atoms with Gasteiger partial charge in [-0.2, -0.15) is 0 Å². The number of allylic oxidation sites excluding steroid dienone is 10. The minimum absolute atomic E-state index is 0.0286. The monoisotopic (exact) mass is 742 g/mol. The van der Waals surface area contributed by atoms with Crippen LogP contribution in [0.25, 0.3) is 0 Å². The average molecular weight is 742 g/mol. The third kappa shape index (κ3) is 36.3. The van der Waals surface area contributed by atoms with Crippen molar-refractivity contribution in [3.05, 3.63) is 60.8 Å². The molecule has 1 amide bonds. The van der Waals surface area contributed by atoms with Crippen LogP contribution in [0.3, 0.4) is 0 Å². The second kappa shape index (κ2) is 40.7. The van der Waals surface area contributed by atoms with Crippen LogP contribution >= 0.6 is 0 Å². The van der Waals surface area contributed by atoms with Gasteiger partial charge in [0.05, 0.1) is 25.2 Å². The molecule has 0 radical (unpaired) electrons. The SMILES string of the molecule is CC/C=C/C=C/C=C\C=C/C=C/CCCC(CC(=O)NC(CO)C(O)CCCCCCCCCCC)OC(=O)CCCCCCCCCCCCCC. The van der Waals surface area contributed by atoms with Gasteiger partial charge in [0.25, 0.3) is 0 Å². The van der Waals surface area contributed by atoms with E-state index in [1.807, 2.05) is 48.6 Å². The van der Waals surface area contributed by atoms with Crippen molar-refractivity contribution in [3.63, 3.8) is 0 Å². The number of hydrogen-bond acceptors (Lipinski definition) is 5. The molecule has 3 unspecified atom stereocenters. The second-order valence-electron chi connectivity index (χ2n) is 14.8. The highest BCUT2D eigenvalue weighted by molar-refractivity contribution is 5.77. The van der Waals surface area contributed by atoms with Crippen molar-refractivity contribution in [2.45, 2.75) is 219 Å². The maximum absolute atomic E-state index is 13.1. The summed E-state index contributed by atoms with van der Waals surface area (Å²) in [5.74, 6) is -0.550. The molecule has 0 heterocycles. The molecule has 53 heavy (non-hydrogen) atoms. The van der Waals surface area contributed by atoms with E-state index in [2.05, 4.69) is 38.2 Å². The topological polar surface area (TPSA) is 95.9 Å². The van der Waals surface area contributed by atoms with Crippen LogP contribution in [0.5, 0.6) is 0 Å². The predicted octanol–water partition coefficient (Wildman–Crippen LogP) is 12.5. The molecule has 3 atom stereocenters. The Morgan fingerprint density at radius 2 is 1.02 bits per heavy atom. The first-order valence-corrected chi connectivity index (χ1v) is 22.1. The summed E-state index contributed by atoms with van der Waals surface area (Å²) in [6.45, 7) is 6.27. The number of aliphatic hydroxyl groups excluding tert-OH is 2. The largest absolute Gasteiger partial charge is 0.462 e. The van der Waals surface area contributed by atoms with Gasteiger partial charge >= 0.3 is 5.97 Å². The Morgan fingerprint density at radius 1 is 0.566 bits per heavy atom. The summed E-state index contributed by atoms with van der Waals surface area (Å²) in [6.07, 6.45) is 48.6. The fourth-order valence-corrected chi connectivity index (χ4v) is 6.40. The van der Waals surface area contributed by atoms with Gasteiger partial charge in [-0.05, 0) is 38.5 Å². The van der Waals surface area contributed by atoms with E-state index >= 15 is 0 Å². The number of hydrogen-bond donors (Lipinski definition) is 3. The van der Waals surface area contributed by atoms with E-state index in [0.717, 1.165) is 57.8 Å². The van der Waals surface area contributed by atoms with Gasteiger partial charge in [0, 0.05) is 6.42 Å². The summed E-state index contributed by atoms with van der Waals surface area (Å²) >= 11 is 0. The van der Waals surface area contributed by atoms with Crippen molar-refractivity contribution in [2.75, 3.05) is 6.61 Å². The Hall–Kier alpha value is -2.44. The molecule has 6 heteroatoms. The maximum Gasteiger partial charge on any atom is 0.306 e. The molecular formula is C47H83NO5. The number of carbonyl (C=O) groups is 2. The Balaban J connectivity index is 4.75. The zero-order valence-electron chi connectivity index (χ0n) is 34.6. The van der Waals surface area contributed by atoms with Crippen LogP contribution in [0.1, 0.15) is 201 Å². The van der Waals surface area contributed by atoms with Gasteiger partial charge in [0.15, 0.2) is 0 Å². The summed E-state index contributed by atoms with van der Waals surface area (Å²) < 4.78 is 5.85. The Bertz CT molecular complexity index is 968. The lowest BCUT2D eigenvalue weighted by Gasteiger charge is -2.24. The lowest BCUT2D eigenvalue weighted by molar-refractivity contribution is -0.151. The molecule has 0 aliphatic rings. The Morgan fingerprint density at radius 3 is 1.51 bits per heavy atom. The van der Waals surface area contributed by atoms with Crippen LogP contribution in [0.4, 0.5) is 0 Å². The highest BCUT2D eigenvalue weighted by atomic mass is 16.5. The molecule has 0 spiro atoms. The van der Waals surface area contributed by atoms with Crippen LogP contribution < -0.4 is 5.32 Å². The molecule has 3 N–H and O–H groups in total. The molecule has 0 saturated carbocycles. The van der Waals surface area contributed by atoms with E-state index in [4.69, 9.17) is 4.74 Å². The fraction of sp³-hybridized carbons (Fsp3) is 0.745. The van der Waals surface area contributed by atoms with Gasteiger partial charge in [-0.15, -0.1) is 0 Å². The smallest absolute Gasteiger partial charge is 0.306 e. The third-order valence-corrected chi connectivity index (χ3v) is 9.74. The number of amides is 1. The molecule has 0 aliphatic carbocycles. The first-order valence-electron chi connectivity index (χ1n) is 22.1. The third-order valence-electron chi connectivity index (χ3n) is 9.74. The number of nitrogens with one attached hydrogen (secondary N) is 1. The molecule has 6 nitrogen and oxygen atoms in total. The molecule has 0 bridgehead atoms. The fourth-order valence-electron chi connectivity index (χ4n) is 6.40. The molecule has 306 valence electrons. The number of carbonyl (C=O) groups excluding carboxylic acids is 2. The van der Waals surface area contributed by atoms with Crippen LogP contribution in [0.2, 0.25) is 0 Å². The van der Waals surface area contributed by atoms with Crippen molar-refractivity contribution >= 4 is 11.9 Å². The maximum atomic E-state index is 13.1. The van der Waals surface area contributed by atoms with Gasteiger partial charge in [0.1, 0.15) is 6.10 Å². The number of unbranched alkanes of at least 4 members (excludes halogenated alkanes) is 20. The van der Waals surface area contributed by atoms with E-state index < -0.39 is 18.2 Å². The molecule has 0 aromatic carbocycles. The van der Waals surface area contributed by atoms with Gasteiger partial charge < -0.3 is 20.3 Å². The molecular weight excluding hydrogens is 659 g/mol. The Labute approximate surface area is 327 Å². The summed E-state index contributed by atoms with van der Waals surface area (Å²) in [7, 11) is 0. The lowest BCUT2D eigenvalue weighted by atomic mass is 10.0. The number of aliphatic hydroxyl groups is 2. The normalized spacial score (nSPS) is 14.0. The highest BCUT2D eigenvalue weighted by Crippen LogP contribution is 2.16. The predicted molar refractivity (Wildman–Crippen MR) is 227 cm³/mol. The van der Waals surface area contributed by atoms with E-state index in [1.54, 1.807) is 0 Å². The molecule has 0 rings (SSSR count). The molecule has 0 aliphatic heterocycles. The minimum Gasteiger partial charge on any atom is -0.462 e. The van der Waals surface area contributed by atoms with Crippen LogP contribution in [-0.2, 0) is 14.3 Å². The zero-order valence-corrected chi connectivity index (χ0v) is 34.6. The van der Waals surface area contributed by atoms with Gasteiger partial charge in [-0.1, -0.05) is 210 Å². The minimum atomic E-state index is -0.803. The van der Waals surface area contributed by atoms with Crippen LogP contribution in [0.15, 0.2) is 60.8 Å². The number of ether oxygens (including phenoxy) is 1. The molecule has 0 aromatic heterocycles. The standard InChI is InChI=1S/C47H83NO5/c1-4-7-10-13-16-19-21-23-24-27-29-32-35-38-43(53-47(52)40-37-34-31-28-25-22-20-17-14-11-8-5-2)41-46(51)48-44(42-49)45(50)39-36-33-30-26-18-15-12-9-6-3/h7,10,13,16,19,21,23-24,27,29,43-45,49-50H,4-6,8-9,11-12,14-15,17-18,20,22,25-26,28,30-42H2,1-3H3,(H,48,51)/b10-7+,16-13+,21-19-,24-23-,29-27+. The van der Waals surface area contributed by atoms with Gasteiger partial charge in [-0.3, -0.25) is 9.59 Å². The van der Waals surface area contributed by atoms with Gasteiger partial charge in [0.2, 0.25) is 5.91 Å². The summed E-state index contributed by atoms with van der Waals surface area (Å²) in [6, 6.07) is -0.721. The van der Waals surface area contributed by atoms with Crippen molar-refractivity contribution < 1.29 is 24.5 Å². The van der Waals surface area contributed by atoms with E-state index in [9.17, 15) is 19.8 Å². The van der Waals surface area contributed by atoms with E-state index in [0.29, 0.717) is 19.3 Å². The van der Waals surface area contributed by atoms with Gasteiger partial charge in [-0.25, -0.2) is 0 Å². The van der Waals surface area contributed by atoms with E-state index in [-0.39, 0.29) is 24.9 Å². The molecule has 0 aromatic rings. The van der Waals surface area contributed by atoms with Crippen molar-refractivity contribution in [1.29, 1.82) is 0 Å². The summed E-state index contributed by atoms with van der Waals surface area (Å²) in [4.78, 5) is 25.9. The average Bonchev–Trinajstić information content (AvgIpc) is 3.15. The molecule has 0 saturated heterocycles. The first-order chi connectivity index (χ1) is 26.0. The van der Waals surface area contributed by atoms with Crippen molar-refractivity contribution in [1.82, 2.24) is 5.32 Å². The second-order valence-corrected chi connectivity index (χ2v) is 14.8. The molecule has 0 fully saturated rings. The van der Waals surface area contributed by atoms with E-state index in [1.165, 1.54) is 96.3 Å². The van der Waals surface area contributed by atoms with Crippen molar-refractivity contribution in [2.24, 2.45) is 0 Å².